The second kappa shape index (κ2) is 4.55. The van der Waals surface area contributed by atoms with Crippen molar-refractivity contribution in [1.29, 1.82) is 0 Å². The average Bonchev–Trinajstić information content (AvgIpc) is 3.23. The second-order valence-electron chi connectivity index (χ2n) is 6.90. The lowest BCUT2D eigenvalue weighted by Crippen LogP contribution is -1.98. The van der Waals surface area contributed by atoms with Gasteiger partial charge in [0.25, 0.3) is 0 Å². The van der Waals surface area contributed by atoms with Crippen LogP contribution in [0.1, 0.15) is 43.8 Å². The molecule has 4 heteroatoms. The summed E-state index contributed by atoms with van der Waals surface area (Å²) < 4.78 is 27.9. The normalized spacial score (nSPS) is 13.9. The quantitative estimate of drug-likeness (QED) is 0.298. The van der Waals surface area contributed by atoms with Crippen molar-refractivity contribution in [2.24, 2.45) is 0 Å². The van der Waals surface area contributed by atoms with Gasteiger partial charge in [-0.15, -0.1) is 22.7 Å². The van der Waals surface area contributed by atoms with E-state index in [1.54, 1.807) is 0 Å². The van der Waals surface area contributed by atoms with Gasteiger partial charge in [-0.3, -0.25) is 0 Å². The first-order chi connectivity index (χ1) is 11.4. The first-order valence-electron chi connectivity index (χ1n) is 8.11. The van der Waals surface area contributed by atoms with Crippen molar-refractivity contribution >= 4 is 22.7 Å². The number of benzene rings is 1. The Kier molecular flexibility index (Phi) is 2.81. The second-order valence-corrected chi connectivity index (χ2v) is 9.09. The highest BCUT2D eigenvalue weighted by Gasteiger charge is 2.35. The third-order valence-electron chi connectivity index (χ3n) is 5.83. The van der Waals surface area contributed by atoms with Gasteiger partial charge in [0.05, 0.1) is 0 Å². The smallest absolute Gasteiger partial charge is 0.202 e. The van der Waals surface area contributed by atoms with Crippen molar-refractivity contribution in [1.82, 2.24) is 0 Å². The Morgan fingerprint density at radius 1 is 0.667 bits per heavy atom. The fourth-order valence-electron chi connectivity index (χ4n) is 4.40. The summed E-state index contributed by atoms with van der Waals surface area (Å²) >= 11 is 2.84. The fraction of sp³-hybridized carbons (Fsp3) is 0.300. The molecular formula is C20H16F2S2. The van der Waals surface area contributed by atoms with Crippen LogP contribution in [0, 0.1) is 38.6 Å². The molecule has 0 spiro atoms. The van der Waals surface area contributed by atoms with E-state index in [1.807, 2.05) is 11.3 Å². The van der Waals surface area contributed by atoms with Crippen LogP contribution in [0.2, 0.25) is 0 Å². The number of hydrogen-bond acceptors (Lipinski definition) is 2. The highest BCUT2D eigenvalue weighted by molar-refractivity contribution is 7.16. The van der Waals surface area contributed by atoms with Gasteiger partial charge in [0, 0.05) is 33.0 Å². The van der Waals surface area contributed by atoms with Crippen LogP contribution < -0.4 is 0 Å². The van der Waals surface area contributed by atoms with Crippen LogP contribution in [0.3, 0.4) is 0 Å². The lowest BCUT2D eigenvalue weighted by molar-refractivity contribution is 0.524. The van der Waals surface area contributed by atoms with Crippen molar-refractivity contribution in [3.8, 4) is 20.9 Å². The molecule has 0 aliphatic heterocycles. The predicted octanol–water partition coefficient (Wildman–Crippen LogP) is 6.46. The average molecular weight is 358 g/mol. The number of aryl methyl sites for hydroxylation is 1. The van der Waals surface area contributed by atoms with E-state index >= 15 is 0 Å². The Labute approximate surface area is 147 Å². The molecule has 2 aliphatic rings. The summed E-state index contributed by atoms with van der Waals surface area (Å²) in [6.07, 6.45) is 1.47. The third-order valence-corrected chi connectivity index (χ3v) is 8.11. The highest BCUT2D eigenvalue weighted by atomic mass is 32.1. The summed E-state index contributed by atoms with van der Waals surface area (Å²) in [4.78, 5) is 3.59. The summed E-state index contributed by atoms with van der Waals surface area (Å²) in [5.74, 6) is -0.645. The number of rotatable bonds is 0. The van der Waals surface area contributed by atoms with Crippen LogP contribution in [0.15, 0.2) is 0 Å². The maximum Gasteiger partial charge on any atom is 0.213 e. The molecule has 2 aromatic heterocycles. The van der Waals surface area contributed by atoms with E-state index in [9.17, 15) is 8.78 Å². The molecule has 2 aliphatic carbocycles. The predicted molar refractivity (Wildman–Crippen MR) is 97.5 cm³/mol. The molecule has 3 aromatic rings. The first kappa shape index (κ1) is 14.8. The van der Waals surface area contributed by atoms with Gasteiger partial charge >= 0.3 is 0 Å². The molecule has 2 heterocycles. The molecule has 0 saturated heterocycles. The molecule has 24 heavy (non-hydrogen) atoms. The maximum atomic E-state index is 14.1. The van der Waals surface area contributed by atoms with Gasteiger partial charge in [-0.05, 0) is 72.2 Å². The van der Waals surface area contributed by atoms with Gasteiger partial charge in [-0.25, -0.2) is 4.39 Å². The maximum absolute atomic E-state index is 14.1. The Balaban J connectivity index is 1.84. The standard InChI is InChI=1S/C20H16F2S2/c1-7-10(4)23-18-13(7)5-11-8(2)16-12(9(3)15(11)18)6-14-17(21)20(22)24-19(14)16/h5-6H2,1-4H3. The Hall–Kier alpha value is -1.52. The molecule has 0 bridgehead atoms. The van der Waals surface area contributed by atoms with Crippen LogP contribution in [-0.2, 0) is 12.8 Å². The lowest BCUT2D eigenvalue weighted by atomic mass is 9.90. The molecule has 1 aromatic carbocycles. The molecule has 0 fully saturated rings. The minimum atomic E-state index is -0.672. The van der Waals surface area contributed by atoms with Gasteiger partial charge in [-0.2, -0.15) is 4.39 Å². The topological polar surface area (TPSA) is 0 Å². The summed E-state index contributed by atoms with van der Waals surface area (Å²) in [6, 6.07) is 0. The molecule has 0 N–H and O–H groups in total. The van der Waals surface area contributed by atoms with Crippen LogP contribution >= 0.6 is 22.7 Å². The minimum Gasteiger partial charge on any atom is -0.202 e. The molecule has 0 radical (unpaired) electrons. The third kappa shape index (κ3) is 1.56. The minimum absolute atomic E-state index is 0.523. The summed E-state index contributed by atoms with van der Waals surface area (Å²) in [6.45, 7) is 8.67. The van der Waals surface area contributed by atoms with E-state index in [4.69, 9.17) is 0 Å². The summed E-state index contributed by atoms with van der Waals surface area (Å²) in [5.41, 5.74) is 10.9. The van der Waals surface area contributed by atoms with Crippen molar-refractivity contribution in [2.75, 3.05) is 0 Å². The molecular weight excluding hydrogens is 342 g/mol. The zero-order valence-corrected chi connectivity index (χ0v) is 15.6. The Morgan fingerprint density at radius 3 is 1.83 bits per heavy atom. The fourth-order valence-corrected chi connectivity index (χ4v) is 6.77. The molecule has 0 atom stereocenters. The van der Waals surface area contributed by atoms with Crippen molar-refractivity contribution < 1.29 is 8.78 Å². The first-order valence-corrected chi connectivity index (χ1v) is 9.74. The summed E-state index contributed by atoms with van der Waals surface area (Å²) in [5, 5.41) is -0.672. The number of halogens is 2. The van der Waals surface area contributed by atoms with Crippen LogP contribution in [0.25, 0.3) is 20.9 Å². The lowest BCUT2D eigenvalue weighted by Gasteiger charge is -2.16. The zero-order valence-electron chi connectivity index (χ0n) is 14.0. The number of hydrogen-bond donors (Lipinski definition) is 0. The SMILES string of the molecule is Cc1sc2c(c1C)Cc1c(C)c3c(c(C)c1-2)Cc1c-3sc(F)c1F. The van der Waals surface area contributed by atoms with E-state index in [2.05, 4.69) is 27.7 Å². The van der Waals surface area contributed by atoms with Gasteiger partial charge < -0.3 is 0 Å². The van der Waals surface area contributed by atoms with E-state index in [1.165, 1.54) is 48.7 Å². The zero-order chi connectivity index (χ0) is 16.9. The number of thiophene rings is 2. The largest absolute Gasteiger partial charge is 0.213 e. The van der Waals surface area contributed by atoms with E-state index in [0.29, 0.717) is 12.0 Å². The molecule has 0 amide bonds. The number of fused-ring (bicyclic) bond motifs is 6. The Bertz CT molecular complexity index is 981. The monoisotopic (exact) mass is 358 g/mol. The molecule has 0 nitrogen and oxygen atoms in total. The molecule has 122 valence electrons. The van der Waals surface area contributed by atoms with Gasteiger partial charge in [0.1, 0.15) is 0 Å². The van der Waals surface area contributed by atoms with Gasteiger partial charge in [0.15, 0.2) is 5.82 Å². The van der Waals surface area contributed by atoms with Crippen LogP contribution in [0.4, 0.5) is 8.78 Å². The van der Waals surface area contributed by atoms with Crippen LogP contribution in [-0.4, -0.2) is 0 Å². The highest BCUT2D eigenvalue weighted by Crippen LogP contribution is 2.54. The Morgan fingerprint density at radius 2 is 1.21 bits per heavy atom. The summed E-state index contributed by atoms with van der Waals surface area (Å²) in [7, 11) is 0. The molecule has 5 rings (SSSR count). The van der Waals surface area contributed by atoms with Gasteiger partial charge in [0.2, 0.25) is 5.13 Å². The van der Waals surface area contributed by atoms with Crippen molar-refractivity contribution in [3.05, 3.63) is 54.8 Å². The molecule has 0 saturated carbocycles. The van der Waals surface area contributed by atoms with E-state index in [-0.39, 0.29) is 0 Å². The van der Waals surface area contributed by atoms with E-state index < -0.39 is 10.9 Å². The van der Waals surface area contributed by atoms with Gasteiger partial charge in [-0.1, -0.05) is 0 Å². The van der Waals surface area contributed by atoms with Crippen molar-refractivity contribution in [3.63, 3.8) is 0 Å². The van der Waals surface area contributed by atoms with Crippen LogP contribution in [0.5, 0.6) is 0 Å². The molecule has 0 unspecified atom stereocenters. The van der Waals surface area contributed by atoms with E-state index in [0.717, 1.165) is 28.2 Å². The van der Waals surface area contributed by atoms with Crippen molar-refractivity contribution in [2.45, 2.75) is 40.5 Å².